The van der Waals surface area contributed by atoms with E-state index in [0.29, 0.717) is 18.0 Å². The van der Waals surface area contributed by atoms with Crippen molar-refractivity contribution in [1.82, 2.24) is 15.5 Å². The third-order valence-electron chi connectivity index (χ3n) is 5.61. The molecule has 3 rings (SSSR count). The fraction of sp³-hybridized carbons (Fsp3) is 0.458. The maximum Gasteiger partial charge on any atom is 0.191 e. The number of piperidine rings is 1. The van der Waals surface area contributed by atoms with Crippen LogP contribution in [0.3, 0.4) is 0 Å². The highest BCUT2D eigenvalue weighted by molar-refractivity contribution is 14.0. The summed E-state index contributed by atoms with van der Waals surface area (Å²) in [5.41, 5.74) is 1.62. The van der Waals surface area contributed by atoms with Crippen LogP contribution in [0.2, 0.25) is 0 Å². The highest BCUT2D eigenvalue weighted by Crippen LogP contribution is 2.20. The lowest BCUT2D eigenvalue weighted by atomic mass is 9.97. The number of halogens is 2. The lowest BCUT2D eigenvalue weighted by Gasteiger charge is -2.38. The molecule has 0 spiro atoms. The quantitative estimate of drug-likeness (QED) is 0.282. The van der Waals surface area contributed by atoms with Gasteiger partial charge in [0.1, 0.15) is 11.9 Å². The van der Waals surface area contributed by atoms with Crippen LogP contribution >= 0.6 is 24.0 Å². The van der Waals surface area contributed by atoms with Gasteiger partial charge >= 0.3 is 0 Å². The monoisotopic (exact) mass is 540 g/mol. The van der Waals surface area contributed by atoms with Gasteiger partial charge in [-0.3, -0.25) is 9.89 Å². The molecule has 0 aliphatic carbocycles. The van der Waals surface area contributed by atoms with E-state index in [1.165, 1.54) is 11.6 Å². The first-order valence-corrected chi connectivity index (χ1v) is 10.8. The minimum atomic E-state index is -0.965. The van der Waals surface area contributed by atoms with Gasteiger partial charge in [0, 0.05) is 37.3 Å². The van der Waals surface area contributed by atoms with Crippen molar-refractivity contribution < 1.29 is 9.50 Å². The molecule has 3 N–H and O–H groups in total. The molecule has 31 heavy (non-hydrogen) atoms. The zero-order chi connectivity index (χ0) is 21.3. The van der Waals surface area contributed by atoms with Gasteiger partial charge in [0.25, 0.3) is 0 Å². The first kappa shape index (κ1) is 25.5. The molecule has 1 aliphatic rings. The summed E-state index contributed by atoms with van der Waals surface area (Å²) in [4.78, 5) is 7.01. The topological polar surface area (TPSA) is 59.9 Å². The molecule has 0 radical (unpaired) electrons. The number of rotatable bonds is 7. The zero-order valence-corrected chi connectivity index (χ0v) is 20.6. The number of hydrogen-bond donors (Lipinski definition) is 3. The van der Waals surface area contributed by atoms with Crippen LogP contribution in [-0.2, 0) is 6.54 Å². The van der Waals surface area contributed by atoms with Gasteiger partial charge in [0.15, 0.2) is 5.96 Å². The van der Waals surface area contributed by atoms with Crippen molar-refractivity contribution in [2.24, 2.45) is 4.99 Å². The standard InChI is InChI=1S/C24H33FN4O.HI/c1-3-26-24(27-16-23(30)21-11-7-8-12-22(21)25)28-20-13-14-29(18(2)15-20)17-19-9-5-4-6-10-19;/h4-12,18,20,23,30H,3,13-17H2,1-2H3,(H2,26,27,28);1H. The van der Waals surface area contributed by atoms with Crippen LogP contribution in [0.5, 0.6) is 0 Å². The second-order valence-corrected chi connectivity index (χ2v) is 7.93. The lowest BCUT2D eigenvalue weighted by Crippen LogP contribution is -2.51. The zero-order valence-electron chi connectivity index (χ0n) is 18.3. The molecule has 1 fully saturated rings. The Morgan fingerprint density at radius 3 is 2.58 bits per heavy atom. The molecule has 2 aromatic rings. The summed E-state index contributed by atoms with van der Waals surface area (Å²) in [7, 11) is 0. The van der Waals surface area contributed by atoms with Gasteiger partial charge in [0.2, 0.25) is 0 Å². The molecule has 0 saturated carbocycles. The van der Waals surface area contributed by atoms with Crippen LogP contribution in [0.4, 0.5) is 4.39 Å². The average Bonchev–Trinajstić information content (AvgIpc) is 2.75. The molecule has 170 valence electrons. The van der Waals surface area contributed by atoms with Gasteiger partial charge in [-0.2, -0.15) is 0 Å². The third-order valence-corrected chi connectivity index (χ3v) is 5.61. The molecular weight excluding hydrogens is 506 g/mol. The molecule has 2 aromatic carbocycles. The minimum Gasteiger partial charge on any atom is -0.386 e. The van der Waals surface area contributed by atoms with Crippen molar-refractivity contribution in [1.29, 1.82) is 0 Å². The largest absolute Gasteiger partial charge is 0.386 e. The molecule has 3 atom stereocenters. The predicted molar refractivity (Wildman–Crippen MR) is 135 cm³/mol. The Hall–Kier alpha value is -1.71. The number of likely N-dealkylation sites (tertiary alicyclic amines) is 1. The van der Waals surface area contributed by atoms with Gasteiger partial charge < -0.3 is 15.7 Å². The van der Waals surface area contributed by atoms with E-state index >= 15 is 0 Å². The van der Waals surface area contributed by atoms with Crippen molar-refractivity contribution in [3.63, 3.8) is 0 Å². The van der Waals surface area contributed by atoms with Crippen molar-refractivity contribution in [2.75, 3.05) is 19.6 Å². The maximum atomic E-state index is 13.9. The predicted octanol–water partition coefficient (Wildman–Crippen LogP) is 4.09. The Morgan fingerprint density at radius 1 is 1.19 bits per heavy atom. The van der Waals surface area contributed by atoms with Crippen LogP contribution in [0.15, 0.2) is 59.6 Å². The number of nitrogens with one attached hydrogen (secondary N) is 2. The second-order valence-electron chi connectivity index (χ2n) is 7.93. The fourth-order valence-electron chi connectivity index (χ4n) is 3.94. The van der Waals surface area contributed by atoms with E-state index in [2.05, 4.69) is 51.7 Å². The van der Waals surface area contributed by atoms with Crippen molar-refractivity contribution in [3.8, 4) is 0 Å². The lowest BCUT2D eigenvalue weighted by molar-refractivity contribution is 0.134. The maximum absolute atomic E-state index is 13.9. The molecule has 0 bridgehead atoms. The van der Waals surface area contributed by atoms with Gasteiger partial charge in [-0.1, -0.05) is 48.5 Å². The van der Waals surface area contributed by atoms with Crippen LogP contribution in [0, 0.1) is 5.82 Å². The van der Waals surface area contributed by atoms with E-state index in [1.807, 2.05) is 13.0 Å². The average molecular weight is 540 g/mol. The number of benzene rings is 2. The Kier molecular flexibility index (Phi) is 10.7. The summed E-state index contributed by atoms with van der Waals surface area (Å²) in [5, 5.41) is 17.1. The van der Waals surface area contributed by atoms with Crippen molar-refractivity contribution in [3.05, 3.63) is 71.5 Å². The first-order valence-electron chi connectivity index (χ1n) is 10.8. The summed E-state index contributed by atoms with van der Waals surface area (Å²) in [6, 6.07) is 17.6. The smallest absolute Gasteiger partial charge is 0.191 e. The SMILES string of the molecule is CCNC(=NCC(O)c1ccccc1F)NC1CCN(Cc2ccccc2)C(C)C1.I. The summed E-state index contributed by atoms with van der Waals surface area (Å²) in [5.74, 6) is 0.263. The number of aliphatic hydroxyl groups excluding tert-OH is 1. The molecule has 1 saturated heterocycles. The van der Waals surface area contributed by atoms with Crippen molar-refractivity contribution >= 4 is 29.9 Å². The summed E-state index contributed by atoms with van der Waals surface area (Å²) < 4.78 is 13.9. The second kappa shape index (κ2) is 13.0. The number of nitrogens with zero attached hydrogens (tertiary/aromatic N) is 2. The van der Waals surface area contributed by atoms with Crippen LogP contribution in [-0.4, -0.2) is 47.7 Å². The normalized spacial score (nSPS) is 20.6. The fourth-order valence-corrected chi connectivity index (χ4v) is 3.94. The highest BCUT2D eigenvalue weighted by Gasteiger charge is 2.26. The Balaban J connectivity index is 0.00000341. The van der Waals surface area contributed by atoms with E-state index in [9.17, 15) is 9.50 Å². The molecule has 3 unspecified atom stereocenters. The molecular formula is C24H34FIN4O. The molecule has 0 aromatic heterocycles. The third kappa shape index (κ3) is 7.73. The van der Waals surface area contributed by atoms with Gasteiger partial charge in [0.05, 0.1) is 6.54 Å². The van der Waals surface area contributed by atoms with Crippen LogP contribution in [0.1, 0.15) is 43.9 Å². The van der Waals surface area contributed by atoms with E-state index in [0.717, 1.165) is 32.5 Å². The molecule has 7 heteroatoms. The molecule has 5 nitrogen and oxygen atoms in total. The number of aliphatic hydroxyl groups is 1. The Labute approximate surface area is 202 Å². The van der Waals surface area contributed by atoms with E-state index < -0.39 is 11.9 Å². The molecule has 1 aliphatic heterocycles. The van der Waals surface area contributed by atoms with Crippen LogP contribution in [0.25, 0.3) is 0 Å². The highest BCUT2D eigenvalue weighted by atomic mass is 127. The van der Waals surface area contributed by atoms with E-state index in [-0.39, 0.29) is 36.1 Å². The summed E-state index contributed by atoms with van der Waals surface area (Å²) in [6.07, 6.45) is 1.08. The van der Waals surface area contributed by atoms with Gasteiger partial charge in [-0.15, -0.1) is 24.0 Å². The van der Waals surface area contributed by atoms with E-state index in [1.54, 1.807) is 18.2 Å². The van der Waals surface area contributed by atoms with Crippen LogP contribution < -0.4 is 10.6 Å². The Morgan fingerprint density at radius 2 is 1.90 bits per heavy atom. The summed E-state index contributed by atoms with van der Waals surface area (Å²) in [6.45, 7) is 7.10. The summed E-state index contributed by atoms with van der Waals surface area (Å²) >= 11 is 0. The molecule has 0 amide bonds. The number of hydrogen-bond acceptors (Lipinski definition) is 3. The van der Waals surface area contributed by atoms with Gasteiger partial charge in [-0.25, -0.2) is 4.39 Å². The van der Waals surface area contributed by atoms with Gasteiger partial charge in [-0.05, 0) is 38.3 Å². The van der Waals surface area contributed by atoms with Crippen molar-refractivity contribution in [2.45, 2.75) is 51.4 Å². The Bertz CT molecular complexity index is 820. The molecule has 1 heterocycles. The number of aliphatic imine (C=N–C) groups is 1. The van der Waals surface area contributed by atoms with E-state index in [4.69, 9.17) is 0 Å². The minimum absolute atomic E-state index is 0. The number of guanidine groups is 1. The first-order chi connectivity index (χ1) is 14.6.